The first-order valence-electron chi connectivity index (χ1n) is 5.92. The summed E-state index contributed by atoms with van der Waals surface area (Å²) in [4.78, 5) is 15.9. The topological polar surface area (TPSA) is 47.3 Å². The van der Waals surface area contributed by atoms with E-state index in [0.29, 0.717) is 13.0 Å². The van der Waals surface area contributed by atoms with Crippen LogP contribution in [-0.2, 0) is 4.79 Å². The quantitative estimate of drug-likeness (QED) is 0.709. The Morgan fingerprint density at radius 3 is 2.62 bits per heavy atom. The van der Waals surface area contributed by atoms with Gasteiger partial charge in [-0.3, -0.25) is 4.79 Å². The van der Waals surface area contributed by atoms with E-state index in [9.17, 15) is 4.79 Å². The Labute approximate surface area is 96.8 Å². The molecule has 1 unspecified atom stereocenters. The molecule has 4 nitrogen and oxygen atoms in total. The molecule has 0 radical (unpaired) electrons. The maximum absolute atomic E-state index is 11.7. The lowest BCUT2D eigenvalue weighted by atomic mass is 9.75. The normalized spacial score (nSPS) is 28.0. The van der Waals surface area contributed by atoms with Crippen molar-refractivity contribution in [1.82, 2.24) is 9.80 Å². The fraction of sp³-hybridized carbons (Fsp3) is 0.833. The molecule has 0 aromatic heterocycles. The van der Waals surface area contributed by atoms with Gasteiger partial charge in [-0.15, -0.1) is 0 Å². The Balaban J connectivity index is 2.00. The first-order chi connectivity index (χ1) is 7.57. The lowest BCUT2D eigenvalue weighted by Gasteiger charge is -2.49. The molecule has 1 saturated heterocycles. The lowest BCUT2D eigenvalue weighted by molar-refractivity contribution is -0.130. The average molecular weight is 221 g/mol. The number of hydrogen-bond donors (Lipinski definition) is 0. The number of likely N-dealkylation sites (tertiary alicyclic amines) is 1. The molecule has 0 spiro atoms. The average Bonchev–Trinajstić information content (AvgIpc) is 2.52. The number of likely N-dealkylation sites (N-methyl/N-ethyl adjacent to an activating group) is 1. The van der Waals surface area contributed by atoms with E-state index in [4.69, 9.17) is 5.26 Å². The van der Waals surface area contributed by atoms with Gasteiger partial charge in [0, 0.05) is 25.0 Å². The number of nitrogens with zero attached hydrogens (tertiary/aromatic N) is 3. The Kier molecular flexibility index (Phi) is 2.90. The number of amides is 1. The molecule has 1 aliphatic heterocycles. The molecule has 0 N–H and O–H groups in total. The van der Waals surface area contributed by atoms with Gasteiger partial charge in [-0.2, -0.15) is 5.26 Å². The largest absolute Gasteiger partial charge is 0.339 e. The molecule has 1 saturated carbocycles. The highest BCUT2D eigenvalue weighted by Crippen LogP contribution is 2.37. The Morgan fingerprint density at radius 1 is 1.56 bits per heavy atom. The number of carbonyl (C=O) groups is 1. The number of carbonyl (C=O) groups excluding carboxylic acids is 1. The minimum absolute atomic E-state index is 0.0909. The van der Waals surface area contributed by atoms with E-state index in [0.717, 1.165) is 6.54 Å². The van der Waals surface area contributed by atoms with Crippen LogP contribution in [0.5, 0.6) is 0 Å². The van der Waals surface area contributed by atoms with Crippen LogP contribution in [0.1, 0.15) is 25.7 Å². The Hall–Kier alpha value is -1.08. The van der Waals surface area contributed by atoms with Crippen molar-refractivity contribution >= 4 is 5.91 Å². The van der Waals surface area contributed by atoms with Crippen molar-refractivity contribution < 1.29 is 4.79 Å². The van der Waals surface area contributed by atoms with Gasteiger partial charge in [0.05, 0.1) is 12.0 Å². The summed E-state index contributed by atoms with van der Waals surface area (Å²) >= 11 is 0. The van der Waals surface area contributed by atoms with Gasteiger partial charge in [-0.05, 0) is 33.4 Å². The molecule has 0 bridgehead atoms. The molecule has 0 aromatic carbocycles. The number of hydrogen-bond acceptors (Lipinski definition) is 3. The predicted octanol–water partition coefficient (Wildman–Crippen LogP) is 0.843. The SMILES string of the molecule is CN(C)C1(CN2CC(C#N)CC2=O)CCC1. The summed E-state index contributed by atoms with van der Waals surface area (Å²) in [5.41, 5.74) is 0.181. The fourth-order valence-electron chi connectivity index (χ4n) is 2.70. The van der Waals surface area contributed by atoms with Crippen LogP contribution in [-0.4, -0.2) is 48.4 Å². The van der Waals surface area contributed by atoms with Crippen LogP contribution in [0.4, 0.5) is 0 Å². The lowest BCUT2D eigenvalue weighted by Crippen LogP contribution is -2.57. The third-order valence-corrected chi connectivity index (χ3v) is 4.12. The van der Waals surface area contributed by atoms with Crippen molar-refractivity contribution in [2.24, 2.45) is 5.92 Å². The van der Waals surface area contributed by atoms with Crippen molar-refractivity contribution in [1.29, 1.82) is 5.26 Å². The summed E-state index contributed by atoms with van der Waals surface area (Å²) in [6.07, 6.45) is 4.00. The standard InChI is InChI=1S/C12H19N3O/c1-14(2)12(4-3-5-12)9-15-8-10(7-13)6-11(15)16/h10H,3-6,8-9H2,1-2H3. The van der Waals surface area contributed by atoms with E-state index in [2.05, 4.69) is 25.1 Å². The monoisotopic (exact) mass is 221 g/mol. The first-order valence-corrected chi connectivity index (χ1v) is 5.92. The maximum atomic E-state index is 11.7. The van der Waals surface area contributed by atoms with Crippen LogP contribution in [0, 0.1) is 17.2 Å². The molecule has 0 aromatic rings. The van der Waals surface area contributed by atoms with Crippen LogP contribution in [0.3, 0.4) is 0 Å². The summed E-state index contributed by atoms with van der Waals surface area (Å²) in [5.74, 6) is 0.0615. The highest BCUT2D eigenvalue weighted by Gasteiger charge is 2.43. The van der Waals surface area contributed by atoms with E-state index in [1.165, 1.54) is 19.3 Å². The summed E-state index contributed by atoms with van der Waals surface area (Å²) in [6.45, 7) is 1.43. The molecule has 1 heterocycles. The van der Waals surface area contributed by atoms with Crippen molar-refractivity contribution in [2.75, 3.05) is 27.2 Å². The van der Waals surface area contributed by atoms with Crippen LogP contribution < -0.4 is 0 Å². The van der Waals surface area contributed by atoms with E-state index in [-0.39, 0.29) is 17.4 Å². The second kappa shape index (κ2) is 4.06. The van der Waals surface area contributed by atoms with Gasteiger partial charge in [-0.25, -0.2) is 0 Å². The molecule has 88 valence electrons. The summed E-state index contributed by atoms with van der Waals surface area (Å²) in [7, 11) is 4.17. The van der Waals surface area contributed by atoms with Crippen LogP contribution in [0.15, 0.2) is 0 Å². The molecule has 2 aliphatic rings. The predicted molar refractivity (Wildman–Crippen MR) is 60.6 cm³/mol. The van der Waals surface area contributed by atoms with Gasteiger partial charge >= 0.3 is 0 Å². The molecule has 4 heteroatoms. The molecule has 2 fully saturated rings. The molecular formula is C12H19N3O. The summed E-state index contributed by atoms with van der Waals surface area (Å²) in [6, 6.07) is 2.20. The molecule has 2 rings (SSSR count). The second-order valence-electron chi connectivity index (χ2n) is 5.28. The van der Waals surface area contributed by atoms with Gasteiger partial charge in [0.2, 0.25) is 5.91 Å². The van der Waals surface area contributed by atoms with Crippen LogP contribution in [0.2, 0.25) is 0 Å². The van der Waals surface area contributed by atoms with E-state index in [1.807, 2.05) is 4.90 Å². The van der Waals surface area contributed by atoms with E-state index < -0.39 is 0 Å². The van der Waals surface area contributed by atoms with Crippen molar-refractivity contribution in [2.45, 2.75) is 31.2 Å². The van der Waals surface area contributed by atoms with E-state index >= 15 is 0 Å². The zero-order chi connectivity index (χ0) is 11.8. The van der Waals surface area contributed by atoms with E-state index in [1.54, 1.807) is 0 Å². The molecular weight excluding hydrogens is 202 g/mol. The third-order valence-electron chi connectivity index (χ3n) is 4.12. The van der Waals surface area contributed by atoms with Crippen LogP contribution >= 0.6 is 0 Å². The zero-order valence-electron chi connectivity index (χ0n) is 10.1. The van der Waals surface area contributed by atoms with Gasteiger partial charge in [0.15, 0.2) is 0 Å². The summed E-state index contributed by atoms with van der Waals surface area (Å²) in [5, 5.41) is 8.84. The first kappa shape index (κ1) is 11.4. The second-order valence-corrected chi connectivity index (χ2v) is 5.28. The Bertz CT molecular complexity index is 328. The minimum atomic E-state index is -0.0909. The Morgan fingerprint density at radius 2 is 2.25 bits per heavy atom. The third kappa shape index (κ3) is 1.80. The fourth-order valence-corrected chi connectivity index (χ4v) is 2.70. The maximum Gasteiger partial charge on any atom is 0.224 e. The number of nitriles is 1. The van der Waals surface area contributed by atoms with Crippen molar-refractivity contribution in [3.63, 3.8) is 0 Å². The minimum Gasteiger partial charge on any atom is -0.339 e. The molecule has 1 amide bonds. The van der Waals surface area contributed by atoms with Gasteiger partial charge in [0.1, 0.15) is 0 Å². The summed E-state index contributed by atoms with van der Waals surface area (Å²) < 4.78 is 0. The smallest absolute Gasteiger partial charge is 0.224 e. The van der Waals surface area contributed by atoms with Crippen molar-refractivity contribution in [3.8, 4) is 6.07 Å². The molecule has 1 aliphatic carbocycles. The molecule has 16 heavy (non-hydrogen) atoms. The van der Waals surface area contributed by atoms with Gasteiger partial charge in [0.25, 0.3) is 0 Å². The van der Waals surface area contributed by atoms with Gasteiger partial charge < -0.3 is 9.80 Å². The number of rotatable bonds is 3. The zero-order valence-corrected chi connectivity index (χ0v) is 10.1. The van der Waals surface area contributed by atoms with Crippen LogP contribution in [0.25, 0.3) is 0 Å². The highest BCUT2D eigenvalue weighted by molar-refractivity contribution is 5.79. The van der Waals surface area contributed by atoms with Gasteiger partial charge in [-0.1, -0.05) is 0 Å². The molecule has 1 atom stereocenters. The highest BCUT2D eigenvalue weighted by atomic mass is 16.2. The van der Waals surface area contributed by atoms with Crippen molar-refractivity contribution in [3.05, 3.63) is 0 Å².